The standard InChI is InChI=1S/C19H24O4.C18H22O5.C16H20O5.C16H20O4S/c1-14(2)18(21)22-13-17(20)23-19(11-7-4-8-12-19)16-10-6-5-9-15(16)3;1-13(2)17(21)22-12-16(20)23-18(10-4-3-5-11-18)14-6-8-15(19)9-7-14;1-12(2)15(18)20-11-14(17)21-16(8-4-3-5-9-16)13-7-6-10-19-13;1-12(2)15(18)19-11-14(17)20-16(8-4-3-5-9-16)13-7-6-10-21-13/h5-6,9-10H,1,4,7-8,11-13H2,2-3H3;6-9,19H,1,3-5,10-12H2,2H3;2*6-7,10H,1,3-5,8-9,11H2,2H3. The van der Waals surface area contributed by atoms with E-state index in [1.807, 2.05) is 54.8 Å². The lowest BCUT2D eigenvalue weighted by molar-refractivity contribution is -0.175. The van der Waals surface area contributed by atoms with Crippen LogP contribution in [0.2, 0.25) is 0 Å². The molecule has 19 heteroatoms. The van der Waals surface area contributed by atoms with Gasteiger partial charge in [0.2, 0.25) is 0 Å². The molecule has 2 aromatic carbocycles. The average Bonchev–Trinajstić information content (AvgIpc) is 4.20. The van der Waals surface area contributed by atoms with Crippen LogP contribution in [0.4, 0.5) is 0 Å². The first-order valence-corrected chi connectivity index (χ1v) is 30.9. The highest BCUT2D eigenvalue weighted by Gasteiger charge is 2.43. The SMILES string of the molecule is C=C(C)C(=O)OCC(=O)OC1(c2ccc(O)cc2)CCCCC1.C=C(C)C(=O)OCC(=O)OC1(c2ccccc2C)CCCCC1.C=C(C)C(=O)OCC(=O)OC1(c2ccco2)CCCCC1.C=C(C)C(=O)OCC(=O)OC1(c2cccs2)CCCCC1. The highest BCUT2D eigenvalue weighted by Crippen LogP contribution is 2.45. The third kappa shape index (κ3) is 21.4. The number of benzene rings is 2. The van der Waals surface area contributed by atoms with E-state index in [0.29, 0.717) is 5.76 Å². The van der Waals surface area contributed by atoms with Gasteiger partial charge in [-0.1, -0.05) is 94.5 Å². The number of phenolic OH excluding ortho intramolecular Hbond substituents is 1. The Morgan fingerprint density at radius 3 is 1.18 bits per heavy atom. The molecule has 0 bridgehead atoms. The zero-order valence-corrected chi connectivity index (χ0v) is 52.5. The maximum absolute atomic E-state index is 12.2. The summed E-state index contributed by atoms with van der Waals surface area (Å²) in [6.45, 7) is 20.5. The van der Waals surface area contributed by atoms with Crippen LogP contribution in [0.1, 0.15) is 183 Å². The van der Waals surface area contributed by atoms with Crippen molar-refractivity contribution in [3.05, 3.63) is 160 Å². The molecule has 88 heavy (non-hydrogen) atoms. The molecule has 0 amide bonds. The first-order valence-electron chi connectivity index (χ1n) is 30.1. The Balaban J connectivity index is 0.000000214. The second-order valence-electron chi connectivity index (χ2n) is 22.9. The Morgan fingerprint density at radius 2 is 0.807 bits per heavy atom. The van der Waals surface area contributed by atoms with Gasteiger partial charge in [-0.15, -0.1) is 11.3 Å². The number of furan rings is 1. The van der Waals surface area contributed by atoms with E-state index in [-0.39, 0.29) is 41.3 Å². The smallest absolute Gasteiger partial charge is 0.345 e. The van der Waals surface area contributed by atoms with Gasteiger partial charge in [-0.2, -0.15) is 0 Å². The molecule has 0 saturated heterocycles. The molecule has 4 aliphatic carbocycles. The molecule has 8 rings (SSSR count). The van der Waals surface area contributed by atoms with E-state index in [2.05, 4.69) is 26.3 Å². The van der Waals surface area contributed by atoms with E-state index in [1.165, 1.54) is 13.8 Å². The van der Waals surface area contributed by atoms with Gasteiger partial charge in [0.1, 0.15) is 28.3 Å². The molecule has 18 nitrogen and oxygen atoms in total. The zero-order chi connectivity index (χ0) is 64.3. The first kappa shape index (κ1) is 70.7. The van der Waals surface area contributed by atoms with Crippen molar-refractivity contribution >= 4 is 59.1 Å². The van der Waals surface area contributed by atoms with Gasteiger partial charge in [0, 0.05) is 27.2 Å². The van der Waals surface area contributed by atoms with Crippen LogP contribution in [0.25, 0.3) is 0 Å². The third-order valence-electron chi connectivity index (χ3n) is 15.5. The summed E-state index contributed by atoms with van der Waals surface area (Å²) >= 11 is 1.60. The lowest BCUT2D eigenvalue weighted by atomic mass is 9.78. The lowest BCUT2D eigenvalue weighted by Crippen LogP contribution is -2.36. The third-order valence-corrected chi connectivity index (χ3v) is 16.6. The van der Waals surface area contributed by atoms with Gasteiger partial charge in [0.15, 0.2) is 32.0 Å². The highest BCUT2D eigenvalue weighted by molar-refractivity contribution is 7.10. The van der Waals surface area contributed by atoms with E-state index in [1.54, 1.807) is 61.8 Å². The Morgan fingerprint density at radius 1 is 0.443 bits per heavy atom. The van der Waals surface area contributed by atoms with Crippen LogP contribution in [0.15, 0.2) is 137 Å². The maximum atomic E-state index is 12.2. The fourth-order valence-electron chi connectivity index (χ4n) is 11.1. The van der Waals surface area contributed by atoms with Gasteiger partial charge in [-0.25, -0.2) is 38.4 Å². The number of esters is 8. The number of carbonyl (C=O) groups is 8. The number of rotatable bonds is 20. The number of aromatic hydroxyl groups is 1. The first-order chi connectivity index (χ1) is 41.9. The number of phenols is 1. The molecule has 476 valence electrons. The number of thiophene rings is 1. The molecule has 4 aromatic rings. The summed E-state index contributed by atoms with van der Waals surface area (Å²) in [4.78, 5) is 94.8. The molecule has 2 aromatic heterocycles. The summed E-state index contributed by atoms with van der Waals surface area (Å²) in [5.74, 6) is -3.67. The Bertz CT molecular complexity index is 2920. The molecule has 2 heterocycles. The largest absolute Gasteiger partial charge is 0.508 e. The van der Waals surface area contributed by atoms with Crippen molar-refractivity contribution in [3.8, 4) is 5.75 Å². The molecule has 0 spiro atoms. The van der Waals surface area contributed by atoms with E-state index < -0.39 is 83.4 Å². The van der Waals surface area contributed by atoms with Crippen molar-refractivity contribution in [3.63, 3.8) is 0 Å². The van der Waals surface area contributed by atoms with Gasteiger partial charge in [-0.3, -0.25) is 0 Å². The van der Waals surface area contributed by atoms with Gasteiger partial charge >= 0.3 is 47.8 Å². The van der Waals surface area contributed by atoms with Crippen LogP contribution in [0.3, 0.4) is 0 Å². The fraction of sp³-hybridized carbons (Fsp3) is 0.478. The van der Waals surface area contributed by atoms with Gasteiger partial charge < -0.3 is 47.4 Å². The maximum Gasteiger partial charge on any atom is 0.345 e. The van der Waals surface area contributed by atoms with Gasteiger partial charge in [0.05, 0.1) is 6.26 Å². The highest BCUT2D eigenvalue weighted by atomic mass is 32.1. The topological polar surface area (TPSA) is 244 Å². The van der Waals surface area contributed by atoms with Crippen LogP contribution in [-0.2, 0) is 98.7 Å². The fourth-order valence-corrected chi connectivity index (χ4v) is 12.0. The lowest BCUT2D eigenvalue weighted by Gasteiger charge is -2.38. The molecule has 0 aliphatic heterocycles. The van der Waals surface area contributed by atoms with Crippen molar-refractivity contribution in [2.45, 2.75) is 185 Å². The molecule has 4 aliphatic rings. The van der Waals surface area contributed by atoms with E-state index >= 15 is 0 Å². The Hall–Kier alpha value is -8.06. The molecule has 1 N–H and O–H groups in total. The minimum atomic E-state index is -0.728. The van der Waals surface area contributed by atoms with Crippen LogP contribution in [0, 0.1) is 6.92 Å². The van der Waals surface area contributed by atoms with Crippen molar-refractivity contribution in [1.82, 2.24) is 0 Å². The minimum Gasteiger partial charge on any atom is -0.508 e. The van der Waals surface area contributed by atoms with Crippen LogP contribution >= 0.6 is 11.3 Å². The van der Waals surface area contributed by atoms with Crippen molar-refractivity contribution < 1.29 is 85.8 Å². The average molecular weight is 1240 g/mol. The van der Waals surface area contributed by atoms with Crippen molar-refractivity contribution in [2.75, 3.05) is 26.4 Å². The number of hydrogen-bond donors (Lipinski definition) is 1. The predicted octanol–water partition coefficient (Wildman–Crippen LogP) is 13.7. The summed E-state index contributed by atoms with van der Waals surface area (Å²) in [6, 6.07) is 22.3. The van der Waals surface area contributed by atoms with Crippen LogP contribution < -0.4 is 0 Å². The van der Waals surface area contributed by atoms with E-state index in [0.717, 1.165) is 150 Å². The summed E-state index contributed by atoms with van der Waals surface area (Å²) in [5.41, 5.74) is 1.47. The molecule has 0 unspecified atom stereocenters. The molecule has 0 radical (unpaired) electrons. The summed E-state index contributed by atoms with van der Waals surface area (Å²) in [6.07, 6.45) is 20.2. The predicted molar refractivity (Wildman–Crippen MR) is 329 cm³/mol. The van der Waals surface area contributed by atoms with E-state index in [4.69, 9.17) is 42.3 Å². The zero-order valence-electron chi connectivity index (χ0n) is 51.7. The molecule has 4 fully saturated rings. The quantitative estimate of drug-likeness (QED) is 0.0491. The number of hydrogen-bond acceptors (Lipinski definition) is 19. The summed E-state index contributed by atoms with van der Waals surface area (Å²) in [7, 11) is 0. The van der Waals surface area contributed by atoms with Crippen LogP contribution in [-0.4, -0.2) is 79.3 Å². The molecule has 0 atom stereocenters. The normalized spacial score (nSPS) is 16.7. The Labute approximate surface area is 520 Å². The molecule has 4 saturated carbocycles. The molecular formula is C69H86O18S. The number of ether oxygens (including phenoxy) is 8. The van der Waals surface area contributed by atoms with Crippen molar-refractivity contribution in [2.24, 2.45) is 0 Å². The Kier molecular flexibility index (Phi) is 27.7. The second kappa shape index (κ2) is 34.5. The minimum absolute atomic E-state index is 0.168. The van der Waals surface area contributed by atoms with Crippen molar-refractivity contribution in [1.29, 1.82) is 0 Å². The monoisotopic (exact) mass is 1230 g/mol. The van der Waals surface area contributed by atoms with E-state index in [9.17, 15) is 43.5 Å². The number of aryl methyl sites for hydroxylation is 1. The van der Waals surface area contributed by atoms with Crippen LogP contribution in [0.5, 0.6) is 5.75 Å². The second-order valence-corrected chi connectivity index (χ2v) is 23.8. The summed E-state index contributed by atoms with van der Waals surface area (Å²) < 4.78 is 47.8. The van der Waals surface area contributed by atoms with Gasteiger partial charge in [-0.05, 0) is 190 Å². The van der Waals surface area contributed by atoms with Gasteiger partial charge in [0.25, 0.3) is 0 Å². The molecular weight excluding hydrogens is 1150 g/mol. The number of carbonyl (C=O) groups excluding carboxylic acids is 8. The summed E-state index contributed by atoms with van der Waals surface area (Å²) in [5, 5.41) is 11.4.